The van der Waals surface area contributed by atoms with Crippen molar-refractivity contribution in [3.05, 3.63) is 35.4 Å². The Balaban J connectivity index is 1.89. The van der Waals surface area contributed by atoms with Crippen LogP contribution in [0.3, 0.4) is 0 Å². The Bertz CT molecular complexity index is 471. The Morgan fingerprint density at radius 2 is 2.10 bits per heavy atom. The molecule has 1 aromatic carbocycles. The smallest absolute Gasteiger partial charge is 0.237 e. The summed E-state index contributed by atoms with van der Waals surface area (Å²) in [5, 5.41) is 15.3. The molecule has 0 spiro atoms. The molecule has 1 atom stereocenters. The molecule has 110 valence electrons. The second-order valence-corrected chi connectivity index (χ2v) is 6.26. The van der Waals surface area contributed by atoms with E-state index in [4.69, 9.17) is 5.11 Å². The van der Waals surface area contributed by atoms with Crippen LogP contribution in [-0.4, -0.2) is 30.2 Å². The number of benzene rings is 1. The fraction of sp³-hybridized carbons (Fsp3) is 0.562. The van der Waals surface area contributed by atoms with Gasteiger partial charge in [-0.3, -0.25) is 4.79 Å². The first-order chi connectivity index (χ1) is 9.52. The van der Waals surface area contributed by atoms with Crippen LogP contribution in [0.5, 0.6) is 0 Å². The van der Waals surface area contributed by atoms with Crippen molar-refractivity contribution in [2.75, 3.05) is 13.2 Å². The highest BCUT2D eigenvalue weighted by Gasteiger charge is 2.25. The molecule has 1 amide bonds. The molecule has 1 aliphatic heterocycles. The lowest BCUT2D eigenvalue weighted by atomic mass is 9.89. The highest BCUT2D eigenvalue weighted by atomic mass is 16.3. The van der Waals surface area contributed by atoms with Gasteiger partial charge in [-0.15, -0.1) is 0 Å². The molecule has 4 nitrogen and oxygen atoms in total. The largest absolute Gasteiger partial charge is 0.396 e. The predicted molar refractivity (Wildman–Crippen MR) is 79.3 cm³/mol. The predicted octanol–water partition coefficient (Wildman–Crippen LogP) is 1.23. The summed E-state index contributed by atoms with van der Waals surface area (Å²) in [5.74, 6) is 0.0468. The zero-order chi connectivity index (χ0) is 14.6. The van der Waals surface area contributed by atoms with Crippen LogP contribution >= 0.6 is 0 Å². The minimum Gasteiger partial charge on any atom is -0.396 e. The summed E-state index contributed by atoms with van der Waals surface area (Å²) in [6.45, 7) is 5.58. The lowest BCUT2D eigenvalue weighted by Gasteiger charge is -2.28. The minimum atomic E-state index is -0.158. The number of aliphatic hydroxyl groups excluding tert-OH is 1. The van der Waals surface area contributed by atoms with E-state index in [1.54, 1.807) is 0 Å². The average Bonchev–Trinajstić information content (AvgIpc) is 2.44. The van der Waals surface area contributed by atoms with Crippen molar-refractivity contribution in [2.24, 2.45) is 5.41 Å². The van der Waals surface area contributed by atoms with Gasteiger partial charge in [0.25, 0.3) is 0 Å². The van der Waals surface area contributed by atoms with Crippen molar-refractivity contribution in [3.8, 4) is 0 Å². The van der Waals surface area contributed by atoms with Crippen molar-refractivity contribution in [1.82, 2.24) is 10.6 Å². The number of rotatable bonds is 5. The average molecular weight is 276 g/mol. The van der Waals surface area contributed by atoms with Crippen LogP contribution in [0.25, 0.3) is 0 Å². The van der Waals surface area contributed by atoms with E-state index in [1.165, 1.54) is 11.1 Å². The monoisotopic (exact) mass is 276 g/mol. The van der Waals surface area contributed by atoms with Crippen LogP contribution in [-0.2, 0) is 17.8 Å². The first kappa shape index (κ1) is 15.0. The first-order valence-electron chi connectivity index (χ1n) is 7.20. The second kappa shape index (κ2) is 6.37. The van der Waals surface area contributed by atoms with Gasteiger partial charge in [-0.2, -0.15) is 0 Å². The van der Waals surface area contributed by atoms with E-state index in [2.05, 4.69) is 22.8 Å². The van der Waals surface area contributed by atoms with Gasteiger partial charge in [-0.1, -0.05) is 38.1 Å². The van der Waals surface area contributed by atoms with Crippen molar-refractivity contribution >= 4 is 5.91 Å². The third kappa shape index (κ3) is 3.81. The summed E-state index contributed by atoms with van der Waals surface area (Å²) in [6, 6.07) is 8.07. The molecule has 0 saturated carbocycles. The van der Waals surface area contributed by atoms with Gasteiger partial charge in [-0.25, -0.2) is 0 Å². The van der Waals surface area contributed by atoms with Gasteiger partial charge >= 0.3 is 0 Å². The number of amides is 1. The lowest BCUT2D eigenvalue weighted by Crippen LogP contribution is -2.49. The minimum absolute atomic E-state index is 0.0468. The number of hydrogen-bond acceptors (Lipinski definition) is 3. The SMILES string of the molecule is CC(C)(CCO)CNC(=O)[C@H]1Cc2ccccc2CN1. The van der Waals surface area contributed by atoms with Gasteiger partial charge in [0.2, 0.25) is 5.91 Å². The number of carbonyl (C=O) groups is 1. The van der Waals surface area contributed by atoms with E-state index >= 15 is 0 Å². The molecule has 1 aromatic rings. The lowest BCUT2D eigenvalue weighted by molar-refractivity contribution is -0.123. The maximum atomic E-state index is 12.2. The molecule has 1 heterocycles. The van der Waals surface area contributed by atoms with Crippen molar-refractivity contribution in [2.45, 2.75) is 39.3 Å². The third-order valence-corrected chi connectivity index (χ3v) is 3.93. The highest BCUT2D eigenvalue weighted by Crippen LogP contribution is 2.19. The van der Waals surface area contributed by atoms with Gasteiger partial charge < -0.3 is 15.7 Å². The molecule has 4 heteroatoms. The first-order valence-corrected chi connectivity index (χ1v) is 7.20. The third-order valence-electron chi connectivity index (χ3n) is 3.93. The maximum absolute atomic E-state index is 12.2. The summed E-state index contributed by atoms with van der Waals surface area (Å²) >= 11 is 0. The zero-order valence-corrected chi connectivity index (χ0v) is 12.3. The van der Waals surface area contributed by atoms with E-state index in [0.29, 0.717) is 13.0 Å². The Kier molecular flexibility index (Phi) is 4.78. The molecule has 0 aliphatic carbocycles. The van der Waals surface area contributed by atoms with Crippen LogP contribution in [0.4, 0.5) is 0 Å². The van der Waals surface area contributed by atoms with Gasteiger partial charge in [0.05, 0.1) is 6.04 Å². The summed E-state index contributed by atoms with van der Waals surface area (Å²) in [4.78, 5) is 12.2. The number of aliphatic hydroxyl groups is 1. The van der Waals surface area contributed by atoms with Crippen LogP contribution in [0.15, 0.2) is 24.3 Å². The van der Waals surface area contributed by atoms with E-state index in [-0.39, 0.29) is 24.0 Å². The summed E-state index contributed by atoms with van der Waals surface area (Å²) < 4.78 is 0. The van der Waals surface area contributed by atoms with Gasteiger partial charge in [-0.05, 0) is 29.4 Å². The zero-order valence-electron chi connectivity index (χ0n) is 12.3. The van der Waals surface area contributed by atoms with Crippen LogP contribution < -0.4 is 10.6 Å². The van der Waals surface area contributed by atoms with Gasteiger partial charge in [0.1, 0.15) is 0 Å². The van der Waals surface area contributed by atoms with Gasteiger partial charge in [0.15, 0.2) is 0 Å². The van der Waals surface area contributed by atoms with Crippen LogP contribution in [0.1, 0.15) is 31.4 Å². The normalized spacial score (nSPS) is 18.4. The molecule has 3 N–H and O–H groups in total. The van der Waals surface area contributed by atoms with Gasteiger partial charge in [0, 0.05) is 19.7 Å². The molecule has 0 aromatic heterocycles. The summed E-state index contributed by atoms with van der Waals surface area (Å²) in [7, 11) is 0. The standard InChI is InChI=1S/C16H24N2O2/c1-16(2,7-8-19)11-18-15(20)14-9-12-5-3-4-6-13(12)10-17-14/h3-6,14,17,19H,7-11H2,1-2H3,(H,18,20)/t14-/m1/s1. The Morgan fingerprint density at radius 3 is 2.80 bits per heavy atom. The Hall–Kier alpha value is -1.39. The molecular formula is C16H24N2O2. The van der Waals surface area contributed by atoms with Crippen LogP contribution in [0.2, 0.25) is 0 Å². The Labute approximate surface area is 120 Å². The highest BCUT2D eigenvalue weighted by molar-refractivity contribution is 5.82. The van der Waals surface area contributed by atoms with Crippen molar-refractivity contribution in [1.29, 1.82) is 0 Å². The van der Waals surface area contributed by atoms with E-state index < -0.39 is 0 Å². The molecular weight excluding hydrogens is 252 g/mol. The number of carbonyl (C=O) groups excluding carboxylic acids is 1. The topological polar surface area (TPSA) is 61.4 Å². The fourth-order valence-electron chi connectivity index (χ4n) is 2.48. The van der Waals surface area contributed by atoms with Crippen LogP contribution in [0, 0.1) is 5.41 Å². The summed E-state index contributed by atoms with van der Waals surface area (Å²) in [5.41, 5.74) is 2.45. The molecule has 1 aliphatic rings. The molecule has 0 bridgehead atoms. The number of nitrogens with one attached hydrogen (secondary N) is 2. The molecule has 0 radical (unpaired) electrons. The van der Waals surface area contributed by atoms with Crippen molar-refractivity contribution in [3.63, 3.8) is 0 Å². The number of fused-ring (bicyclic) bond motifs is 1. The maximum Gasteiger partial charge on any atom is 0.237 e. The molecule has 0 unspecified atom stereocenters. The van der Waals surface area contributed by atoms with Crippen molar-refractivity contribution < 1.29 is 9.90 Å². The Morgan fingerprint density at radius 1 is 1.40 bits per heavy atom. The molecule has 0 saturated heterocycles. The molecule has 2 rings (SSSR count). The second-order valence-electron chi connectivity index (χ2n) is 6.26. The number of hydrogen-bond donors (Lipinski definition) is 3. The molecule has 20 heavy (non-hydrogen) atoms. The van der Waals surface area contributed by atoms with E-state index in [0.717, 1.165) is 13.0 Å². The molecule has 0 fully saturated rings. The summed E-state index contributed by atoms with van der Waals surface area (Å²) in [6.07, 6.45) is 1.43. The van der Waals surface area contributed by atoms with E-state index in [1.807, 2.05) is 26.0 Å². The quantitative estimate of drug-likeness (QED) is 0.758. The fourth-order valence-corrected chi connectivity index (χ4v) is 2.48. The van der Waals surface area contributed by atoms with E-state index in [9.17, 15) is 4.79 Å².